The summed E-state index contributed by atoms with van der Waals surface area (Å²) in [6.45, 7) is 4.28. The van der Waals surface area contributed by atoms with Crippen molar-refractivity contribution in [2.45, 2.75) is 15.3 Å². The van der Waals surface area contributed by atoms with Gasteiger partial charge in [-0.05, 0) is 178 Å². The Kier molecular flexibility index (Phi) is 8.94. The van der Waals surface area contributed by atoms with E-state index in [1.807, 2.05) is 0 Å². The van der Waals surface area contributed by atoms with Gasteiger partial charge in [0.15, 0.2) is 0 Å². The second kappa shape index (κ2) is 12.8. The molecule has 0 N–H and O–H groups in total. The van der Waals surface area contributed by atoms with Crippen LogP contribution in [0.5, 0.6) is 0 Å². The van der Waals surface area contributed by atoms with E-state index in [0.29, 0.717) is 0 Å². The summed E-state index contributed by atoms with van der Waals surface area (Å²) in [5.74, 6) is 0. The third-order valence-corrected chi connectivity index (χ3v) is 12.0. The summed E-state index contributed by atoms with van der Waals surface area (Å²) < 4.78 is 2.22. The van der Waals surface area contributed by atoms with Gasteiger partial charge in [-0.25, -0.2) is 0 Å². The van der Waals surface area contributed by atoms with Gasteiger partial charge in [-0.15, -0.1) is 0 Å². The first-order valence-corrected chi connectivity index (χ1v) is 18.9. The van der Waals surface area contributed by atoms with Gasteiger partial charge in [0.2, 0.25) is 0 Å². The van der Waals surface area contributed by atoms with Crippen molar-refractivity contribution in [3.63, 3.8) is 0 Å². The molecule has 0 fully saturated rings. The third-order valence-electron chi connectivity index (χ3n) is 8.24. The quantitative estimate of drug-likeness (QED) is 0.121. The van der Waals surface area contributed by atoms with E-state index in [1.54, 1.807) is 0 Å². The predicted octanol–water partition coefficient (Wildman–Crippen LogP) is 13.5. The Bertz CT molecular complexity index is 1760. The van der Waals surface area contributed by atoms with Crippen molar-refractivity contribution in [2.24, 2.45) is 0 Å². The molecule has 0 atom stereocenters. The van der Waals surface area contributed by atoms with Crippen molar-refractivity contribution < 1.29 is 0 Å². The number of aryl methyl sites for hydroxylation is 2. The largest absolute Gasteiger partial charge is 0.310 e. The third kappa shape index (κ3) is 6.16. The Morgan fingerprint density at radius 3 is 1.02 bits per heavy atom. The average Bonchev–Trinajstić information content (AvgIpc) is 3.26. The smallest absolute Gasteiger partial charge is 0.124 e. The van der Waals surface area contributed by atoms with E-state index >= 15 is 0 Å². The van der Waals surface area contributed by atoms with Crippen LogP contribution in [0, 0.1) is 21.0 Å². The van der Waals surface area contributed by atoms with E-state index in [0.717, 1.165) is 34.1 Å². The molecule has 0 bridgehead atoms. The van der Waals surface area contributed by atoms with Crippen molar-refractivity contribution >= 4 is 124 Å². The molecule has 0 radical (unpaired) electrons. The number of benzene rings is 6. The van der Waals surface area contributed by atoms with Crippen LogP contribution in [0.1, 0.15) is 22.3 Å². The van der Waals surface area contributed by atoms with Gasteiger partial charge in [0.25, 0.3) is 0 Å². The molecular formula is C39H28I4N2. The second-order valence-corrected chi connectivity index (χ2v) is 19.1. The maximum absolute atomic E-state index is 2.65. The number of hydrogen-bond acceptors (Lipinski definition) is 2. The lowest BCUT2D eigenvalue weighted by Crippen LogP contribution is -2.13. The SMILES string of the molecule is Cc1ccc(N(c2ccc(I)cc2)c2ccc3c(c2)C(I)(I)c2cc(N(c4ccc(C)cc4)c4ccc(I)cc4)ccc2-3)cc1. The van der Waals surface area contributed by atoms with E-state index in [2.05, 4.69) is 247 Å². The van der Waals surface area contributed by atoms with Crippen LogP contribution >= 0.6 is 90.4 Å². The topological polar surface area (TPSA) is 6.48 Å². The Morgan fingerprint density at radius 2 is 0.689 bits per heavy atom. The van der Waals surface area contributed by atoms with Crippen LogP contribution in [-0.2, 0) is 1.43 Å². The Labute approximate surface area is 319 Å². The molecule has 1 aliphatic rings. The standard InChI is InChI=1S/C39H28I4N2/c1-25-3-11-29(12-4-25)44(31-15-7-27(40)8-16-31)33-19-21-35-36-22-20-34(24-38(36)39(42,43)37(35)23-33)45(30-13-5-26(2)6-14-30)32-17-9-28(41)10-18-32/h3-24H,1-2H3. The van der Waals surface area contributed by atoms with E-state index < -0.39 is 0 Å². The number of fused-ring (bicyclic) bond motifs is 3. The summed E-state index contributed by atoms with van der Waals surface area (Å²) in [4.78, 5) is 4.73. The second-order valence-electron chi connectivity index (χ2n) is 11.3. The van der Waals surface area contributed by atoms with Gasteiger partial charge in [-0.1, -0.05) is 92.7 Å². The van der Waals surface area contributed by atoms with E-state index in [-0.39, 0.29) is 1.43 Å². The van der Waals surface area contributed by atoms with Crippen molar-refractivity contribution in [2.75, 3.05) is 9.80 Å². The minimum atomic E-state index is -0.234. The highest BCUT2D eigenvalue weighted by molar-refractivity contribution is 14.2. The van der Waals surface area contributed by atoms with Gasteiger partial charge in [-0.3, -0.25) is 0 Å². The Hall–Kier alpha value is -2.16. The van der Waals surface area contributed by atoms with Crippen molar-refractivity contribution in [1.82, 2.24) is 0 Å². The molecular weight excluding hydrogens is 1000 g/mol. The van der Waals surface area contributed by atoms with Crippen LogP contribution in [0.4, 0.5) is 34.1 Å². The summed E-state index contributed by atoms with van der Waals surface area (Å²) in [5, 5.41) is 0. The minimum absolute atomic E-state index is 0.234. The number of anilines is 6. The van der Waals surface area contributed by atoms with Gasteiger partial charge < -0.3 is 9.80 Å². The molecule has 0 unspecified atom stereocenters. The molecule has 0 saturated heterocycles. The Balaban J connectivity index is 1.33. The van der Waals surface area contributed by atoms with Crippen molar-refractivity contribution in [1.29, 1.82) is 0 Å². The maximum atomic E-state index is 2.65. The first-order valence-electron chi connectivity index (χ1n) is 14.6. The fourth-order valence-corrected chi connectivity index (χ4v) is 8.44. The number of rotatable bonds is 6. The lowest BCUT2D eigenvalue weighted by Gasteiger charge is -2.28. The predicted molar refractivity (Wildman–Crippen MR) is 225 cm³/mol. The lowest BCUT2D eigenvalue weighted by molar-refractivity contribution is 1.20. The summed E-state index contributed by atoms with van der Waals surface area (Å²) in [6.07, 6.45) is 0. The first-order chi connectivity index (χ1) is 21.7. The van der Waals surface area contributed by atoms with E-state index in [1.165, 1.54) is 40.5 Å². The van der Waals surface area contributed by atoms with Crippen LogP contribution in [0.25, 0.3) is 11.1 Å². The van der Waals surface area contributed by atoms with Gasteiger partial charge in [0.1, 0.15) is 1.43 Å². The number of nitrogens with zero attached hydrogens (tertiary/aromatic N) is 2. The highest BCUT2D eigenvalue weighted by atomic mass is 127. The molecule has 0 saturated carbocycles. The molecule has 0 heterocycles. The molecule has 6 aromatic carbocycles. The van der Waals surface area contributed by atoms with Crippen LogP contribution in [0.15, 0.2) is 133 Å². The zero-order valence-corrected chi connectivity index (χ0v) is 33.2. The first kappa shape index (κ1) is 31.4. The molecule has 2 nitrogen and oxygen atoms in total. The van der Waals surface area contributed by atoms with Crippen LogP contribution in [0.2, 0.25) is 0 Å². The van der Waals surface area contributed by atoms with E-state index in [9.17, 15) is 0 Å². The number of halogens is 4. The van der Waals surface area contributed by atoms with Crippen molar-refractivity contribution in [3.8, 4) is 11.1 Å². The normalized spacial score (nSPS) is 12.8. The van der Waals surface area contributed by atoms with Crippen molar-refractivity contribution in [3.05, 3.63) is 163 Å². The molecule has 0 aliphatic heterocycles. The molecule has 7 rings (SSSR count). The van der Waals surface area contributed by atoms with Gasteiger partial charge in [0.05, 0.1) is 0 Å². The zero-order chi connectivity index (χ0) is 31.3. The minimum Gasteiger partial charge on any atom is -0.310 e. The number of alkyl halides is 2. The Morgan fingerprint density at radius 1 is 0.400 bits per heavy atom. The lowest BCUT2D eigenvalue weighted by atomic mass is 10.0. The van der Waals surface area contributed by atoms with Crippen LogP contribution in [0.3, 0.4) is 0 Å². The highest BCUT2D eigenvalue weighted by Crippen LogP contribution is 2.59. The summed E-state index contributed by atoms with van der Waals surface area (Å²) >= 11 is 10.1. The average molecular weight is 1030 g/mol. The monoisotopic (exact) mass is 1030 g/mol. The molecule has 0 aromatic heterocycles. The zero-order valence-electron chi connectivity index (χ0n) is 24.6. The summed E-state index contributed by atoms with van der Waals surface area (Å²) in [5.41, 5.74) is 14.7. The molecule has 1 aliphatic carbocycles. The molecule has 0 amide bonds. The molecule has 6 aromatic rings. The molecule has 0 spiro atoms. The fourth-order valence-electron chi connectivity index (χ4n) is 5.94. The van der Waals surface area contributed by atoms with Gasteiger partial charge >= 0.3 is 0 Å². The molecule has 222 valence electrons. The van der Waals surface area contributed by atoms with Gasteiger partial charge in [0, 0.05) is 41.3 Å². The summed E-state index contributed by atoms with van der Waals surface area (Å²) in [6, 6.07) is 49.1. The fraction of sp³-hybridized carbons (Fsp3) is 0.0769. The van der Waals surface area contributed by atoms with Crippen LogP contribution < -0.4 is 9.80 Å². The van der Waals surface area contributed by atoms with Crippen LogP contribution in [-0.4, -0.2) is 0 Å². The highest BCUT2D eigenvalue weighted by Gasteiger charge is 2.40. The van der Waals surface area contributed by atoms with E-state index in [4.69, 9.17) is 0 Å². The molecule has 6 heteroatoms. The maximum Gasteiger partial charge on any atom is 0.124 e. The molecule has 45 heavy (non-hydrogen) atoms. The summed E-state index contributed by atoms with van der Waals surface area (Å²) in [7, 11) is 0. The van der Waals surface area contributed by atoms with Gasteiger partial charge in [-0.2, -0.15) is 0 Å². The number of hydrogen-bond donors (Lipinski definition) is 0.